The average molecular weight is 284 g/mol. The predicted octanol–water partition coefficient (Wildman–Crippen LogP) is 3.96. The minimum atomic E-state index is 0.820. The summed E-state index contributed by atoms with van der Waals surface area (Å²) < 4.78 is 6.09. The van der Waals surface area contributed by atoms with Crippen molar-refractivity contribution in [3.63, 3.8) is 0 Å². The van der Waals surface area contributed by atoms with Crippen molar-refractivity contribution in [3.8, 4) is 11.5 Å². The summed E-state index contributed by atoms with van der Waals surface area (Å²) in [5, 5.41) is 3.36. The van der Waals surface area contributed by atoms with Gasteiger partial charge in [-0.05, 0) is 31.7 Å². The molecule has 0 aromatic heterocycles. The molecule has 112 valence electrons. The van der Waals surface area contributed by atoms with Gasteiger partial charge in [-0.1, -0.05) is 30.7 Å². The van der Waals surface area contributed by atoms with Gasteiger partial charge in [-0.2, -0.15) is 0 Å². The fourth-order valence-electron chi connectivity index (χ4n) is 2.16. The highest BCUT2D eigenvalue weighted by Gasteiger charge is 2.06. The molecule has 0 heterocycles. The summed E-state index contributed by atoms with van der Waals surface area (Å²) in [7, 11) is 4.06. The van der Waals surface area contributed by atoms with Crippen molar-refractivity contribution < 1.29 is 4.74 Å². The number of aryl methyl sites for hydroxylation is 1. The minimum absolute atomic E-state index is 0.820. The molecule has 0 aliphatic rings. The second kappa shape index (κ2) is 7.14. The zero-order valence-electron chi connectivity index (χ0n) is 13.3. The van der Waals surface area contributed by atoms with Gasteiger partial charge in [-0.15, -0.1) is 0 Å². The molecule has 21 heavy (non-hydrogen) atoms. The van der Waals surface area contributed by atoms with E-state index in [1.807, 2.05) is 32.3 Å². The third-order valence-electron chi connectivity index (χ3n) is 3.34. The Bertz CT molecular complexity index is 594. The number of nitrogens with one attached hydrogen (secondary N) is 1. The molecular formula is C18H24N2O. The fourth-order valence-corrected chi connectivity index (χ4v) is 2.16. The van der Waals surface area contributed by atoms with Crippen molar-refractivity contribution >= 4 is 5.69 Å². The summed E-state index contributed by atoms with van der Waals surface area (Å²) in [4.78, 5) is 2.07. The molecule has 0 radical (unpaired) electrons. The van der Waals surface area contributed by atoms with Crippen LogP contribution in [0.15, 0.2) is 42.5 Å². The van der Waals surface area contributed by atoms with Gasteiger partial charge in [0.1, 0.15) is 11.5 Å². The maximum Gasteiger partial charge on any atom is 0.131 e. The van der Waals surface area contributed by atoms with Gasteiger partial charge in [-0.3, -0.25) is 0 Å². The maximum atomic E-state index is 6.09. The Morgan fingerprint density at radius 1 is 1.10 bits per heavy atom. The number of anilines is 1. The lowest BCUT2D eigenvalue weighted by molar-refractivity contribution is 0.473. The van der Waals surface area contributed by atoms with Crippen LogP contribution in [0.2, 0.25) is 0 Å². The summed E-state index contributed by atoms with van der Waals surface area (Å²) in [6, 6.07) is 14.4. The predicted molar refractivity (Wildman–Crippen MR) is 89.4 cm³/mol. The molecule has 2 aromatic rings. The zero-order valence-corrected chi connectivity index (χ0v) is 13.3. The molecule has 0 unspecified atom stereocenters. The largest absolute Gasteiger partial charge is 0.457 e. The smallest absolute Gasteiger partial charge is 0.131 e. The molecule has 0 amide bonds. The third-order valence-corrected chi connectivity index (χ3v) is 3.34. The summed E-state index contributed by atoms with van der Waals surface area (Å²) in [6.45, 7) is 5.98. The first-order valence-electron chi connectivity index (χ1n) is 7.35. The molecule has 0 bridgehead atoms. The van der Waals surface area contributed by atoms with Crippen molar-refractivity contribution in [1.29, 1.82) is 0 Å². The average Bonchev–Trinajstić information content (AvgIpc) is 2.47. The monoisotopic (exact) mass is 284 g/mol. The highest BCUT2D eigenvalue weighted by atomic mass is 16.5. The number of hydrogen-bond donors (Lipinski definition) is 1. The lowest BCUT2D eigenvalue weighted by Gasteiger charge is -2.16. The van der Waals surface area contributed by atoms with Crippen molar-refractivity contribution in [1.82, 2.24) is 5.32 Å². The van der Waals surface area contributed by atoms with E-state index < -0.39 is 0 Å². The van der Waals surface area contributed by atoms with E-state index in [2.05, 4.69) is 48.3 Å². The van der Waals surface area contributed by atoms with Crippen molar-refractivity contribution in [2.75, 3.05) is 25.5 Å². The van der Waals surface area contributed by atoms with Crippen molar-refractivity contribution in [3.05, 3.63) is 53.6 Å². The standard InChI is InChI=1S/C18H24N2O/c1-5-19-13-15-11-14(2)9-10-18(15)21-17-8-6-7-16(12-17)20(3)4/h6-12,19H,5,13H2,1-4H3. The van der Waals surface area contributed by atoms with E-state index in [-0.39, 0.29) is 0 Å². The van der Waals surface area contributed by atoms with Crippen LogP contribution in [0.25, 0.3) is 0 Å². The van der Waals surface area contributed by atoms with Crippen LogP contribution in [-0.2, 0) is 6.54 Å². The van der Waals surface area contributed by atoms with Gasteiger partial charge in [0.2, 0.25) is 0 Å². The van der Waals surface area contributed by atoms with Crippen LogP contribution in [0.4, 0.5) is 5.69 Å². The maximum absolute atomic E-state index is 6.09. The number of benzene rings is 2. The molecule has 3 nitrogen and oxygen atoms in total. The van der Waals surface area contributed by atoms with Crippen molar-refractivity contribution in [2.45, 2.75) is 20.4 Å². The van der Waals surface area contributed by atoms with Gasteiger partial charge < -0.3 is 15.0 Å². The molecular weight excluding hydrogens is 260 g/mol. The molecule has 0 saturated heterocycles. The number of rotatable bonds is 6. The zero-order chi connectivity index (χ0) is 15.2. The lowest BCUT2D eigenvalue weighted by atomic mass is 10.1. The van der Waals surface area contributed by atoms with Crippen LogP contribution in [0, 0.1) is 6.92 Å². The minimum Gasteiger partial charge on any atom is -0.457 e. The van der Waals surface area contributed by atoms with Gasteiger partial charge in [0, 0.05) is 38.0 Å². The SMILES string of the molecule is CCNCc1cc(C)ccc1Oc1cccc(N(C)C)c1. The van der Waals surface area contributed by atoms with Crippen LogP contribution in [0.1, 0.15) is 18.1 Å². The lowest BCUT2D eigenvalue weighted by Crippen LogP contribution is -2.12. The van der Waals surface area contributed by atoms with E-state index in [1.165, 1.54) is 11.1 Å². The van der Waals surface area contributed by atoms with Crippen LogP contribution >= 0.6 is 0 Å². The molecule has 2 rings (SSSR count). The molecule has 2 aromatic carbocycles. The summed E-state index contributed by atoms with van der Waals surface area (Å²) in [5.41, 5.74) is 3.57. The third kappa shape index (κ3) is 4.23. The first kappa shape index (κ1) is 15.4. The van der Waals surface area contributed by atoms with Crippen LogP contribution < -0.4 is 15.0 Å². The molecule has 0 aliphatic carbocycles. The summed E-state index contributed by atoms with van der Waals surface area (Å²) in [6.07, 6.45) is 0. The Morgan fingerprint density at radius 3 is 2.62 bits per heavy atom. The topological polar surface area (TPSA) is 24.5 Å². The Labute approximate surface area is 127 Å². The Morgan fingerprint density at radius 2 is 1.90 bits per heavy atom. The Kier molecular flexibility index (Phi) is 5.23. The van der Waals surface area contributed by atoms with Gasteiger partial charge in [0.15, 0.2) is 0 Å². The molecule has 0 saturated carbocycles. The van der Waals surface area contributed by atoms with E-state index in [0.717, 1.165) is 30.3 Å². The fraction of sp³-hybridized carbons (Fsp3) is 0.333. The molecule has 0 atom stereocenters. The van der Waals surface area contributed by atoms with Gasteiger partial charge in [0.25, 0.3) is 0 Å². The molecule has 0 fully saturated rings. The number of ether oxygens (including phenoxy) is 1. The van der Waals surface area contributed by atoms with Gasteiger partial charge in [-0.25, -0.2) is 0 Å². The van der Waals surface area contributed by atoms with Gasteiger partial charge in [0.05, 0.1) is 0 Å². The van der Waals surface area contributed by atoms with E-state index in [4.69, 9.17) is 4.74 Å². The Balaban J connectivity index is 2.24. The molecule has 0 aliphatic heterocycles. The van der Waals surface area contributed by atoms with Crippen LogP contribution in [-0.4, -0.2) is 20.6 Å². The van der Waals surface area contributed by atoms with E-state index in [9.17, 15) is 0 Å². The first-order chi connectivity index (χ1) is 10.1. The highest BCUT2D eigenvalue weighted by molar-refractivity contribution is 5.51. The molecule has 1 N–H and O–H groups in total. The summed E-state index contributed by atoms with van der Waals surface area (Å²) >= 11 is 0. The quantitative estimate of drug-likeness (QED) is 0.869. The second-order valence-corrected chi connectivity index (χ2v) is 5.39. The normalized spacial score (nSPS) is 10.5. The molecule has 3 heteroatoms. The molecule has 0 spiro atoms. The van der Waals surface area contributed by atoms with Crippen molar-refractivity contribution in [2.24, 2.45) is 0 Å². The van der Waals surface area contributed by atoms with E-state index in [0.29, 0.717) is 0 Å². The highest BCUT2D eigenvalue weighted by Crippen LogP contribution is 2.28. The van der Waals surface area contributed by atoms with Gasteiger partial charge >= 0.3 is 0 Å². The first-order valence-corrected chi connectivity index (χ1v) is 7.35. The van der Waals surface area contributed by atoms with Crippen LogP contribution in [0.5, 0.6) is 11.5 Å². The van der Waals surface area contributed by atoms with E-state index >= 15 is 0 Å². The summed E-state index contributed by atoms with van der Waals surface area (Å²) in [5.74, 6) is 1.78. The second-order valence-electron chi connectivity index (χ2n) is 5.39. The number of hydrogen-bond acceptors (Lipinski definition) is 3. The number of nitrogens with zero attached hydrogens (tertiary/aromatic N) is 1. The van der Waals surface area contributed by atoms with E-state index in [1.54, 1.807) is 0 Å². The Hall–Kier alpha value is -2.00. The van der Waals surface area contributed by atoms with Crippen LogP contribution in [0.3, 0.4) is 0 Å².